The predicted molar refractivity (Wildman–Crippen MR) is 109 cm³/mol. The molecule has 6 nitrogen and oxygen atoms in total. The summed E-state index contributed by atoms with van der Waals surface area (Å²) in [4.78, 5) is 18.9. The minimum atomic E-state index is -3.05. The molecule has 1 amide bonds. The highest BCUT2D eigenvalue weighted by Crippen LogP contribution is 2.39. The van der Waals surface area contributed by atoms with Crippen LogP contribution in [0.3, 0.4) is 0 Å². The number of carbonyl (C=O) groups is 1. The second-order valence-corrected chi connectivity index (χ2v) is 10.4. The fourth-order valence-electron chi connectivity index (χ4n) is 3.61. The van der Waals surface area contributed by atoms with Crippen LogP contribution in [-0.4, -0.2) is 54.3 Å². The van der Waals surface area contributed by atoms with Gasteiger partial charge in [0.1, 0.15) is 5.75 Å². The van der Waals surface area contributed by atoms with Gasteiger partial charge in [0.15, 0.2) is 15.0 Å². The van der Waals surface area contributed by atoms with E-state index in [1.54, 1.807) is 7.11 Å². The maximum atomic E-state index is 12.5. The van der Waals surface area contributed by atoms with E-state index in [2.05, 4.69) is 4.99 Å². The minimum Gasteiger partial charge on any atom is -0.497 e. The van der Waals surface area contributed by atoms with Crippen molar-refractivity contribution in [3.05, 3.63) is 29.8 Å². The van der Waals surface area contributed by atoms with Crippen LogP contribution in [0.15, 0.2) is 29.3 Å². The maximum absolute atomic E-state index is 12.5. The number of benzene rings is 1. The number of thioether (sulfide) groups is 1. The fourth-order valence-corrected chi connectivity index (χ4v) is 7.57. The number of sulfone groups is 1. The van der Waals surface area contributed by atoms with Crippen molar-refractivity contribution in [1.29, 1.82) is 0 Å². The van der Waals surface area contributed by atoms with Gasteiger partial charge in [-0.2, -0.15) is 4.99 Å². The van der Waals surface area contributed by atoms with E-state index >= 15 is 0 Å². The van der Waals surface area contributed by atoms with Crippen molar-refractivity contribution in [2.75, 3.05) is 18.6 Å². The van der Waals surface area contributed by atoms with Crippen molar-refractivity contribution in [2.24, 2.45) is 10.9 Å². The zero-order valence-corrected chi connectivity index (χ0v) is 17.6. The van der Waals surface area contributed by atoms with Crippen LogP contribution in [0.5, 0.6) is 5.75 Å². The molecule has 1 aromatic rings. The monoisotopic (exact) mass is 410 g/mol. The summed E-state index contributed by atoms with van der Waals surface area (Å²) in [6.07, 6.45) is 1.52. The number of fused-ring (bicyclic) bond motifs is 1. The standard InChI is InChI=1S/C19H26N2O4S2/c1-4-14(5-2)18(22)20-19-21(10-13-7-6-8-15(9-13)25-3)16-11-27(23,24)12-17(16)26-19/h6-9,14,16-17H,4-5,10-12H2,1-3H3/t16-,17+/m0/s1. The molecule has 2 atom stereocenters. The van der Waals surface area contributed by atoms with E-state index in [0.29, 0.717) is 11.7 Å². The van der Waals surface area contributed by atoms with E-state index < -0.39 is 9.84 Å². The topological polar surface area (TPSA) is 76.0 Å². The summed E-state index contributed by atoms with van der Waals surface area (Å²) in [5, 5.41) is 0.591. The van der Waals surface area contributed by atoms with Crippen LogP contribution in [0.2, 0.25) is 0 Å². The SMILES string of the molecule is CCC(CC)C(=O)N=C1S[C@@H]2CS(=O)(=O)C[C@@H]2N1Cc1cccc(OC)c1. The quantitative estimate of drug-likeness (QED) is 0.718. The number of aliphatic imine (C=N–C) groups is 1. The molecule has 2 aliphatic rings. The van der Waals surface area contributed by atoms with Gasteiger partial charge in [0.05, 0.1) is 24.7 Å². The molecule has 1 aromatic carbocycles. The number of carbonyl (C=O) groups excluding carboxylic acids is 1. The first kappa shape index (κ1) is 20.2. The van der Waals surface area contributed by atoms with Crippen LogP contribution in [0.25, 0.3) is 0 Å². The summed E-state index contributed by atoms with van der Waals surface area (Å²) in [6, 6.07) is 7.55. The summed E-state index contributed by atoms with van der Waals surface area (Å²) in [5.74, 6) is 0.825. The van der Waals surface area contributed by atoms with Gasteiger partial charge in [-0.15, -0.1) is 0 Å². The number of methoxy groups -OCH3 is 1. The van der Waals surface area contributed by atoms with Crippen molar-refractivity contribution in [1.82, 2.24) is 4.90 Å². The Morgan fingerprint density at radius 2 is 2.07 bits per heavy atom. The van der Waals surface area contributed by atoms with Crippen LogP contribution in [0.1, 0.15) is 32.3 Å². The van der Waals surface area contributed by atoms with E-state index in [0.717, 1.165) is 24.2 Å². The van der Waals surface area contributed by atoms with Gasteiger partial charge in [0, 0.05) is 17.7 Å². The third-order valence-electron chi connectivity index (χ3n) is 5.20. The molecular weight excluding hydrogens is 384 g/mol. The van der Waals surface area contributed by atoms with Gasteiger partial charge in [0.2, 0.25) is 0 Å². The van der Waals surface area contributed by atoms with E-state index in [-0.39, 0.29) is 34.6 Å². The van der Waals surface area contributed by atoms with Crippen molar-refractivity contribution in [2.45, 2.75) is 44.5 Å². The first-order chi connectivity index (χ1) is 12.9. The number of amidine groups is 1. The molecule has 0 aliphatic carbocycles. The van der Waals surface area contributed by atoms with Gasteiger partial charge in [-0.1, -0.05) is 37.7 Å². The zero-order valence-electron chi connectivity index (χ0n) is 15.9. The lowest BCUT2D eigenvalue weighted by molar-refractivity contribution is -0.121. The number of ether oxygens (including phenoxy) is 1. The van der Waals surface area contributed by atoms with E-state index in [1.165, 1.54) is 11.8 Å². The third kappa shape index (κ3) is 4.48. The predicted octanol–water partition coefficient (Wildman–Crippen LogP) is 2.73. The molecule has 0 bridgehead atoms. The van der Waals surface area contributed by atoms with Gasteiger partial charge in [-0.25, -0.2) is 8.42 Å². The Morgan fingerprint density at radius 1 is 1.33 bits per heavy atom. The Balaban J connectivity index is 1.89. The molecule has 0 N–H and O–H groups in total. The molecular formula is C19H26N2O4S2. The van der Waals surface area contributed by atoms with Crippen LogP contribution in [0, 0.1) is 5.92 Å². The highest BCUT2D eigenvalue weighted by atomic mass is 32.2. The number of hydrogen-bond donors (Lipinski definition) is 0. The van der Waals surface area contributed by atoms with Crippen molar-refractivity contribution in [3.63, 3.8) is 0 Å². The summed E-state index contributed by atoms with van der Waals surface area (Å²) < 4.78 is 29.5. The van der Waals surface area contributed by atoms with Crippen molar-refractivity contribution in [3.8, 4) is 5.75 Å². The molecule has 3 rings (SSSR count). The van der Waals surface area contributed by atoms with Crippen molar-refractivity contribution < 1.29 is 17.9 Å². The number of hydrogen-bond acceptors (Lipinski definition) is 5. The average Bonchev–Trinajstić information content (AvgIpc) is 3.08. The highest BCUT2D eigenvalue weighted by Gasteiger charge is 2.48. The average molecular weight is 411 g/mol. The molecule has 2 aliphatic heterocycles. The summed E-state index contributed by atoms with van der Waals surface area (Å²) in [6.45, 7) is 4.49. The first-order valence-electron chi connectivity index (χ1n) is 9.26. The molecule has 148 valence electrons. The van der Waals surface area contributed by atoms with Crippen molar-refractivity contribution >= 4 is 32.7 Å². The largest absolute Gasteiger partial charge is 0.497 e. The molecule has 2 heterocycles. The lowest BCUT2D eigenvalue weighted by atomic mass is 10.0. The van der Waals surface area contributed by atoms with Crippen LogP contribution in [0.4, 0.5) is 0 Å². The van der Waals surface area contributed by atoms with Gasteiger partial charge < -0.3 is 9.64 Å². The lowest BCUT2D eigenvalue weighted by Crippen LogP contribution is -2.37. The number of rotatable bonds is 6. The molecule has 27 heavy (non-hydrogen) atoms. The molecule has 2 fully saturated rings. The first-order valence-corrected chi connectivity index (χ1v) is 12.0. The molecule has 0 aromatic heterocycles. The molecule has 0 radical (unpaired) electrons. The Kier molecular flexibility index (Phi) is 6.15. The highest BCUT2D eigenvalue weighted by molar-refractivity contribution is 8.15. The van der Waals surface area contributed by atoms with Gasteiger partial charge in [-0.3, -0.25) is 4.79 Å². The summed E-state index contributed by atoms with van der Waals surface area (Å²) in [7, 11) is -1.43. The van der Waals surface area contributed by atoms with Gasteiger partial charge in [0.25, 0.3) is 5.91 Å². The van der Waals surface area contributed by atoms with Gasteiger partial charge in [-0.05, 0) is 30.5 Å². The number of amides is 1. The molecule has 0 saturated carbocycles. The molecule has 0 unspecified atom stereocenters. The molecule has 8 heteroatoms. The second kappa shape index (κ2) is 8.22. The minimum absolute atomic E-state index is 0.0612. The van der Waals surface area contributed by atoms with Gasteiger partial charge >= 0.3 is 0 Å². The van der Waals surface area contributed by atoms with E-state index in [1.807, 2.05) is 43.0 Å². The van der Waals surface area contributed by atoms with Crippen LogP contribution in [-0.2, 0) is 21.2 Å². The third-order valence-corrected chi connectivity index (χ3v) is 8.45. The second-order valence-electron chi connectivity index (χ2n) is 7.03. The molecule has 0 spiro atoms. The normalized spacial score (nSPS) is 25.2. The Labute approximate surface area is 165 Å². The Bertz CT molecular complexity index is 834. The molecule has 2 saturated heterocycles. The van der Waals surface area contributed by atoms with E-state index in [4.69, 9.17) is 4.74 Å². The zero-order chi connectivity index (χ0) is 19.6. The Hall–Kier alpha value is -1.54. The number of nitrogens with zero attached hydrogens (tertiary/aromatic N) is 2. The fraction of sp³-hybridized carbons (Fsp3) is 0.579. The van der Waals surface area contributed by atoms with E-state index in [9.17, 15) is 13.2 Å². The smallest absolute Gasteiger partial charge is 0.251 e. The van der Waals surface area contributed by atoms with Crippen LogP contribution < -0.4 is 4.74 Å². The maximum Gasteiger partial charge on any atom is 0.251 e. The Morgan fingerprint density at radius 3 is 2.74 bits per heavy atom. The van der Waals surface area contributed by atoms with Crippen LogP contribution >= 0.6 is 11.8 Å². The summed E-state index contributed by atoms with van der Waals surface area (Å²) in [5.41, 5.74) is 1.00. The lowest BCUT2D eigenvalue weighted by Gasteiger charge is -2.25. The summed E-state index contributed by atoms with van der Waals surface area (Å²) >= 11 is 1.43.